The maximum atomic E-state index is 14.0. The number of anilines is 1. The molecule has 3 fully saturated rings. The largest absolute Gasteiger partial charge is 0.465 e. The standard InChI is InChI=1S/C19H21FN2O2S/c1-12-6-9-25-18(12)15-10-14(20)2-3-16(15)22(19(23)24)17-11-21-7-4-13(17)5-8-21/h2-3,6,9-10,13,17H,4-5,7-8,11H2,1H3,(H,23,24). The summed E-state index contributed by atoms with van der Waals surface area (Å²) in [5.41, 5.74) is 2.31. The van der Waals surface area contributed by atoms with E-state index < -0.39 is 6.09 Å². The van der Waals surface area contributed by atoms with E-state index in [0.29, 0.717) is 17.2 Å². The van der Waals surface area contributed by atoms with Crippen LogP contribution in [-0.2, 0) is 0 Å². The molecule has 0 aliphatic carbocycles. The number of hydrogen-bond donors (Lipinski definition) is 1. The van der Waals surface area contributed by atoms with Crippen LogP contribution >= 0.6 is 11.3 Å². The van der Waals surface area contributed by atoms with Gasteiger partial charge in [0.1, 0.15) is 5.82 Å². The fourth-order valence-electron chi connectivity index (χ4n) is 4.20. The first kappa shape index (κ1) is 16.5. The van der Waals surface area contributed by atoms with Crippen molar-refractivity contribution < 1.29 is 14.3 Å². The van der Waals surface area contributed by atoms with Crippen molar-refractivity contribution >= 4 is 23.1 Å². The van der Waals surface area contributed by atoms with Crippen molar-refractivity contribution in [1.82, 2.24) is 4.90 Å². The second-order valence-corrected chi connectivity index (χ2v) is 7.87. The Bertz CT molecular complexity index is 798. The Morgan fingerprint density at radius 2 is 2.08 bits per heavy atom. The number of carboxylic acid groups (broad SMARTS) is 1. The first-order valence-electron chi connectivity index (χ1n) is 8.63. The molecule has 4 nitrogen and oxygen atoms in total. The Morgan fingerprint density at radius 1 is 1.32 bits per heavy atom. The van der Waals surface area contributed by atoms with E-state index in [2.05, 4.69) is 4.90 Å². The molecule has 1 amide bonds. The highest BCUT2D eigenvalue weighted by Gasteiger charge is 2.40. The molecular formula is C19H21FN2O2S. The summed E-state index contributed by atoms with van der Waals surface area (Å²) in [7, 11) is 0. The van der Waals surface area contributed by atoms with E-state index in [-0.39, 0.29) is 11.9 Å². The predicted octanol–water partition coefficient (Wildman–Crippen LogP) is 4.44. The van der Waals surface area contributed by atoms with Gasteiger partial charge < -0.3 is 10.0 Å². The fourth-order valence-corrected chi connectivity index (χ4v) is 5.15. The summed E-state index contributed by atoms with van der Waals surface area (Å²) < 4.78 is 14.0. The summed E-state index contributed by atoms with van der Waals surface area (Å²) in [6.45, 7) is 4.83. The van der Waals surface area contributed by atoms with Gasteiger partial charge in [0.05, 0.1) is 11.7 Å². The zero-order chi connectivity index (χ0) is 17.6. The summed E-state index contributed by atoms with van der Waals surface area (Å²) in [6.07, 6.45) is 1.10. The highest BCUT2D eigenvalue weighted by Crippen LogP contribution is 2.40. The molecule has 3 aliphatic heterocycles. The van der Waals surface area contributed by atoms with Gasteiger partial charge in [0.15, 0.2) is 0 Å². The molecule has 2 bridgehead atoms. The minimum Gasteiger partial charge on any atom is -0.465 e. The molecule has 0 spiro atoms. The lowest BCUT2D eigenvalue weighted by atomic mass is 9.83. The predicted molar refractivity (Wildman–Crippen MR) is 97.9 cm³/mol. The van der Waals surface area contributed by atoms with E-state index >= 15 is 0 Å². The molecule has 1 unspecified atom stereocenters. The molecule has 25 heavy (non-hydrogen) atoms. The first-order valence-corrected chi connectivity index (χ1v) is 9.51. The van der Waals surface area contributed by atoms with Crippen molar-refractivity contribution in [3.05, 3.63) is 41.0 Å². The number of hydrogen-bond acceptors (Lipinski definition) is 3. The van der Waals surface area contributed by atoms with E-state index in [1.54, 1.807) is 6.07 Å². The topological polar surface area (TPSA) is 43.8 Å². The number of aryl methyl sites for hydroxylation is 1. The van der Waals surface area contributed by atoms with Crippen molar-refractivity contribution in [2.24, 2.45) is 5.92 Å². The van der Waals surface area contributed by atoms with E-state index in [4.69, 9.17) is 0 Å². The average Bonchev–Trinajstić information content (AvgIpc) is 3.03. The highest BCUT2D eigenvalue weighted by atomic mass is 32.1. The van der Waals surface area contributed by atoms with Gasteiger partial charge in [0.2, 0.25) is 0 Å². The minimum absolute atomic E-state index is 0.0653. The molecule has 1 N–H and O–H groups in total. The van der Waals surface area contributed by atoms with Crippen molar-refractivity contribution in [3.63, 3.8) is 0 Å². The van der Waals surface area contributed by atoms with Crippen molar-refractivity contribution in [2.75, 3.05) is 24.5 Å². The fraction of sp³-hybridized carbons (Fsp3) is 0.421. The van der Waals surface area contributed by atoms with E-state index in [0.717, 1.165) is 42.9 Å². The smallest absolute Gasteiger partial charge is 0.412 e. The van der Waals surface area contributed by atoms with Crippen LogP contribution in [0.2, 0.25) is 0 Å². The minimum atomic E-state index is -0.958. The Labute approximate surface area is 150 Å². The molecule has 1 aromatic heterocycles. The number of fused-ring (bicyclic) bond motifs is 3. The van der Waals surface area contributed by atoms with Crippen LogP contribution in [0.3, 0.4) is 0 Å². The number of thiophene rings is 1. The zero-order valence-electron chi connectivity index (χ0n) is 14.1. The van der Waals surface area contributed by atoms with Crippen LogP contribution in [0.4, 0.5) is 14.9 Å². The molecule has 132 valence electrons. The maximum absolute atomic E-state index is 14.0. The third kappa shape index (κ3) is 2.93. The highest BCUT2D eigenvalue weighted by molar-refractivity contribution is 7.13. The third-order valence-electron chi connectivity index (χ3n) is 5.48. The molecule has 1 aromatic carbocycles. The summed E-state index contributed by atoms with van der Waals surface area (Å²) in [4.78, 5) is 16.9. The lowest BCUT2D eigenvalue weighted by Crippen LogP contribution is -2.58. The van der Waals surface area contributed by atoms with Gasteiger partial charge in [-0.05, 0) is 74.0 Å². The van der Waals surface area contributed by atoms with Gasteiger partial charge in [-0.3, -0.25) is 4.90 Å². The number of rotatable bonds is 3. The summed E-state index contributed by atoms with van der Waals surface area (Å²) in [5.74, 6) is 0.0363. The quantitative estimate of drug-likeness (QED) is 0.880. The normalized spacial score (nSPS) is 25.1. The van der Waals surface area contributed by atoms with Crippen LogP contribution in [0.1, 0.15) is 18.4 Å². The Balaban J connectivity index is 1.81. The van der Waals surface area contributed by atoms with E-state index in [9.17, 15) is 14.3 Å². The molecule has 6 heteroatoms. The number of nitrogens with zero attached hydrogens (tertiary/aromatic N) is 2. The Morgan fingerprint density at radius 3 is 2.64 bits per heavy atom. The molecule has 1 atom stereocenters. The van der Waals surface area contributed by atoms with E-state index in [1.807, 2.05) is 18.4 Å². The van der Waals surface area contributed by atoms with Crippen LogP contribution in [0.25, 0.3) is 10.4 Å². The van der Waals surface area contributed by atoms with Gasteiger partial charge in [-0.1, -0.05) is 0 Å². The molecule has 0 radical (unpaired) electrons. The Kier molecular flexibility index (Phi) is 4.25. The summed E-state index contributed by atoms with van der Waals surface area (Å²) in [5, 5.41) is 11.9. The Hall–Kier alpha value is -1.92. The van der Waals surface area contributed by atoms with Gasteiger partial charge in [-0.2, -0.15) is 0 Å². The van der Waals surface area contributed by atoms with Crippen molar-refractivity contribution in [1.29, 1.82) is 0 Å². The molecule has 2 aromatic rings. The number of halogens is 1. The molecule has 3 aliphatic rings. The third-order valence-corrected chi connectivity index (χ3v) is 6.53. The van der Waals surface area contributed by atoms with Crippen molar-refractivity contribution in [3.8, 4) is 10.4 Å². The van der Waals surface area contributed by atoms with Gasteiger partial charge in [-0.25, -0.2) is 9.18 Å². The number of benzene rings is 1. The second kappa shape index (κ2) is 6.42. The van der Waals surface area contributed by atoms with Crippen LogP contribution in [0.15, 0.2) is 29.6 Å². The lowest BCUT2D eigenvalue weighted by Gasteiger charge is -2.48. The average molecular weight is 360 g/mol. The first-order chi connectivity index (χ1) is 12.0. The van der Waals surface area contributed by atoms with Crippen LogP contribution in [0.5, 0.6) is 0 Å². The SMILES string of the molecule is Cc1ccsc1-c1cc(F)ccc1N(C(=O)O)C1CN2CCC1CC2. The number of carbonyl (C=O) groups is 1. The van der Waals surface area contributed by atoms with Crippen LogP contribution < -0.4 is 4.90 Å². The van der Waals surface area contributed by atoms with Gasteiger partial charge in [0.25, 0.3) is 0 Å². The maximum Gasteiger partial charge on any atom is 0.412 e. The zero-order valence-corrected chi connectivity index (χ0v) is 14.9. The van der Waals surface area contributed by atoms with Gasteiger partial charge in [-0.15, -0.1) is 11.3 Å². The summed E-state index contributed by atoms with van der Waals surface area (Å²) in [6, 6.07) is 6.36. The molecule has 0 saturated carbocycles. The van der Waals surface area contributed by atoms with Crippen LogP contribution in [0, 0.1) is 18.7 Å². The summed E-state index contributed by atoms with van der Waals surface area (Å²) >= 11 is 1.52. The molecular weight excluding hydrogens is 339 g/mol. The molecule has 4 heterocycles. The van der Waals surface area contributed by atoms with Crippen molar-refractivity contribution in [2.45, 2.75) is 25.8 Å². The number of amides is 1. The molecule has 5 rings (SSSR count). The van der Waals surface area contributed by atoms with Gasteiger partial charge in [0, 0.05) is 17.0 Å². The number of piperidine rings is 3. The van der Waals surface area contributed by atoms with E-state index in [1.165, 1.54) is 28.4 Å². The van der Waals surface area contributed by atoms with Gasteiger partial charge >= 0.3 is 6.09 Å². The lowest BCUT2D eigenvalue weighted by molar-refractivity contribution is 0.0838. The molecule has 3 saturated heterocycles. The monoisotopic (exact) mass is 360 g/mol. The van der Waals surface area contributed by atoms with Crippen LogP contribution in [-0.4, -0.2) is 41.8 Å². The second-order valence-electron chi connectivity index (χ2n) is 6.95.